The summed E-state index contributed by atoms with van der Waals surface area (Å²) in [6.07, 6.45) is 4.55. The van der Waals surface area contributed by atoms with Crippen LogP contribution < -0.4 is 5.56 Å². The van der Waals surface area contributed by atoms with Crippen LogP contribution in [0.5, 0.6) is 0 Å². The van der Waals surface area contributed by atoms with Crippen LogP contribution in [0.15, 0.2) is 4.79 Å². The van der Waals surface area contributed by atoms with Crippen LogP contribution in [0.3, 0.4) is 0 Å². The number of ether oxygens (including phenoxy) is 1. The fourth-order valence-corrected chi connectivity index (χ4v) is 5.08. The summed E-state index contributed by atoms with van der Waals surface area (Å²) in [6, 6.07) is 0. The lowest BCUT2D eigenvalue weighted by molar-refractivity contribution is 0.0991. The normalized spacial score (nSPS) is 21.9. The zero-order valence-electron chi connectivity index (χ0n) is 13.6. The van der Waals surface area contributed by atoms with Crippen LogP contribution in [-0.4, -0.2) is 42.2 Å². The maximum absolute atomic E-state index is 12.6. The van der Waals surface area contributed by atoms with Crippen molar-refractivity contribution in [2.24, 2.45) is 0 Å². The second-order valence-corrected chi connectivity index (χ2v) is 8.86. The van der Waals surface area contributed by atoms with Gasteiger partial charge in [0.1, 0.15) is 5.82 Å². The smallest absolute Gasteiger partial charge is 0.256 e. The molecule has 0 saturated carbocycles. The molecule has 1 fully saturated rings. The average Bonchev–Trinajstić information content (AvgIpc) is 2.55. The predicted octanol–water partition coefficient (Wildman–Crippen LogP) is 1.02. The molecule has 0 spiro atoms. The molecule has 0 aromatic carbocycles. The first-order chi connectivity index (χ1) is 11.0. The molecule has 1 atom stereocenters. The molecule has 1 aromatic rings. The van der Waals surface area contributed by atoms with Crippen molar-refractivity contribution in [1.29, 1.82) is 0 Å². The number of rotatable bonds is 4. The van der Waals surface area contributed by atoms with Gasteiger partial charge < -0.3 is 4.74 Å². The summed E-state index contributed by atoms with van der Waals surface area (Å²) in [5.74, 6) is 0.837. The van der Waals surface area contributed by atoms with E-state index in [0.717, 1.165) is 31.5 Å². The zero-order valence-corrected chi connectivity index (χ0v) is 14.4. The summed E-state index contributed by atoms with van der Waals surface area (Å²) in [6.45, 7) is 3.42. The Labute approximate surface area is 136 Å². The molecule has 0 amide bonds. The van der Waals surface area contributed by atoms with Crippen molar-refractivity contribution >= 4 is 9.84 Å². The highest BCUT2D eigenvalue weighted by molar-refractivity contribution is 7.92. The summed E-state index contributed by atoms with van der Waals surface area (Å²) in [5.41, 5.74) is 1.18. The van der Waals surface area contributed by atoms with E-state index in [9.17, 15) is 13.2 Å². The quantitative estimate of drug-likeness (QED) is 0.818. The molecular formula is C16H24N2O4S. The minimum Gasteiger partial charge on any atom is -0.380 e. The number of hydrogen-bond acceptors (Lipinski definition) is 5. The molecular weight excluding hydrogens is 316 g/mol. The Kier molecular flexibility index (Phi) is 4.87. The van der Waals surface area contributed by atoms with Gasteiger partial charge in [0, 0.05) is 30.8 Å². The second-order valence-electron chi connectivity index (χ2n) is 6.46. The number of nitrogens with zero attached hydrogens (tertiary/aromatic N) is 2. The Balaban J connectivity index is 1.79. The number of hydrogen-bond donors (Lipinski definition) is 0. The highest BCUT2D eigenvalue weighted by Gasteiger charge is 2.28. The highest BCUT2D eigenvalue weighted by Crippen LogP contribution is 2.17. The van der Waals surface area contributed by atoms with E-state index < -0.39 is 15.1 Å². The summed E-state index contributed by atoms with van der Waals surface area (Å²) >= 11 is 0. The third-order valence-corrected chi connectivity index (χ3v) is 7.00. The van der Waals surface area contributed by atoms with Gasteiger partial charge in [0.25, 0.3) is 5.56 Å². The van der Waals surface area contributed by atoms with Gasteiger partial charge in [-0.3, -0.25) is 9.36 Å². The molecule has 128 valence electrons. The molecule has 0 radical (unpaired) electrons. The first kappa shape index (κ1) is 16.6. The lowest BCUT2D eigenvalue weighted by Crippen LogP contribution is -2.35. The Morgan fingerprint density at radius 2 is 2.13 bits per heavy atom. The maximum Gasteiger partial charge on any atom is 0.256 e. The number of fused-ring (bicyclic) bond motifs is 1. The van der Waals surface area contributed by atoms with E-state index >= 15 is 0 Å². The van der Waals surface area contributed by atoms with Crippen molar-refractivity contribution in [1.82, 2.24) is 9.55 Å². The molecule has 6 nitrogen and oxygen atoms in total. The van der Waals surface area contributed by atoms with Crippen molar-refractivity contribution in [3.63, 3.8) is 0 Å². The van der Waals surface area contributed by atoms with Crippen LogP contribution in [-0.2, 0) is 34.0 Å². The molecule has 1 unspecified atom stereocenters. The van der Waals surface area contributed by atoms with E-state index in [2.05, 4.69) is 4.98 Å². The minimum atomic E-state index is -3.24. The first-order valence-corrected chi connectivity index (χ1v) is 10.1. The molecule has 0 aliphatic carbocycles. The SMILES string of the molecule is Cc1nc2n(c(=O)c1CCS(=O)(=O)C1CCCOC1)CCCC2. The summed E-state index contributed by atoms with van der Waals surface area (Å²) in [7, 11) is -3.24. The van der Waals surface area contributed by atoms with Gasteiger partial charge in [0.05, 0.1) is 17.6 Å². The number of aryl methyl sites for hydroxylation is 2. The third-order valence-electron chi connectivity index (χ3n) is 4.84. The van der Waals surface area contributed by atoms with Crippen LogP contribution in [0, 0.1) is 6.92 Å². The molecule has 3 rings (SSSR count). The summed E-state index contributed by atoms with van der Waals surface area (Å²) in [5, 5.41) is -0.426. The van der Waals surface area contributed by atoms with Gasteiger partial charge in [-0.15, -0.1) is 0 Å². The van der Waals surface area contributed by atoms with Crippen molar-refractivity contribution in [2.45, 2.75) is 57.2 Å². The fourth-order valence-electron chi connectivity index (χ4n) is 3.42. The van der Waals surface area contributed by atoms with E-state index in [1.807, 2.05) is 6.92 Å². The Morgan fingerprint density at radius 3 is 2.87 bits per heavy atom. The number of sulfone groups is 1. The maximum atomic E-state index is 12.6. The summed E-state index contributed by atoms with van der Waals surface area (Å²) in [4.78, 5) is 17.2. The largest absolute Gasteiger partial charge is 0.380 e. The molecule has 0 bridgehead atoms. The van der Waals surface area contributed by atoms with Crippen LogP contribution in [0.25, 0.3) is 0 Å². The molecule has 3 heterocycles. The van der Waals surface area contributed by atoms with Crippen molar-refractivity contribution in [3.8, 4) is 0 Å². The third kappa shape index (κ3) is 3.50. The zero-order chi connectivity index (χ0) is 16.4. The van der Waals surface area contributed by atoms with Gasteiger partial charge in [-0.05, 0) is 39.0 Å². The Hall–Kier alpha value is -1.21. The molecule has 23 heavy (non-hydrogen) atoms. The van der Waals surface area contributed by atoms with E-state index in [0.29, 0.717) is 30.8 Å². The first-order valence-electron chi connectivity index (χ1n) is 8.37. The number of aromatic nitrogens is 2. The van der Waals surface area contributed by atoms with Crippen LogP contribution in [0.4, 0.5) is 0 Å². The van der Waals surface area contributed by atoms with E-state index in [4.69, 9.17) is 4.74 Å². The van der Waals surface area contributed by atoms with Gasteiger partial charge in [0.15, 0.2) is 9.84 Å². The molecule has 2 aliphatic rings. The molecule has 0 N–H and O–H groups in total. The van der Waals surface area contributed by atoms with E-state index in [-0.39, 0.29) is 24.3 Å². The highest BCUT2D eigenvalue weighted by atomic mass is 32.2. The van der Waals surface area contributed by atoms with Gasteiger partial charge in [-0.2, -0.15) is 0 Å². The predicted molar refractivity (Wildman–Crippen MR) is 87.5 cm³/mol. The lowest BCUT2D eigenvalue weighted by Gasteiger charge is -2.22. The minimum absolute atomic E-state index is 0.00185. The van der Waals surface area contributed by atoms with Crippen LogP contribution in [0.2, 0.25) is 0 Å². The van der Waals surface area contributed by atoms with Crippen molar-refractivity contribution in [2.75, 3.05) is 19.0 Å². The monoisotopic (exact) mass is 340 g/mol. The van der Waals surface area contributed by atoms with Gasteiger partial charge >= 0.3 is 0 Å². The van der Waals surface area contributed by atoms with Crippen molar-refractivity contribution < 1.29 is 13.2 Å². The second kappa shape index (κ2) is 6.73. The van der Waals surface area contributed by atoms with Gasteiger partial charge in [0.2, 0.25) is 0 Å². The van der Waals surface area contributed by atoms with Gasteiger partial charge in [-0.25, -0.2) is 13.4 Å². The van der Waals surface area contributed by atoms with E-state index in [1.54, 1.807) is 4.57 Å². The average molecular weight is 340 g/mol. The molecule has 1 aromatic heterocycles. The van der Waals surface area contributed by atoms with E-state index in [1.165, 1.54) is 0 Å². The molecule has 7 heteroatoms. The summed E-state index contributed by atoms with van der Waals surface area (Å²) < 4.78 is 31.9. The lowest BCUT2D eigenvalue weighted by atomic mass is 10.1. The Morgan fingerprint density at radius 1 is 1.30 bits per heavy atom. The topological polar surface area (TPSA) is 78.3 Å². The van der Waals surface area contributed by atoms with Crippen LogP contribution >= 0.6 is 0 Å². The van der Waals surface area contributed by atoms with Crippen LogP contribution in [0.1, 0.15) is 42.8 Å². The molecule has 2 aliphatic heterocycles. The molecule has 1 saturated heterocycles. The van der Waals surface area contributed by atoms with Gasteiger partial charge in [-0.1, -0.05) is 0 Å². The Bertz CT molecular complexity index is 733. The van der Waals surface area contributed by atoms with Crippen molar-refractivity contribution in [3.05, 3.63) is 27.4 Å². The standard InChI is InChI=1S/C16H24N2O4S/c1-12-14(16(19)18-8-3-2-6-15(18)17-12)7-10-23(20,21)13-5-4-9-22-11-13/h13H,2-11H2,1H3. The fraction of sp³-hybridized carbons (Fsp3) is 0.750.